The molecule has 0 saturated carbocycles. The first kappa shape index (κ1) is 14.3. The molecule has 2 aromatic rings. The van der Waals surface area contributed by atoms with E-state index >= 15 is 0 Å². The van der Waals surface area contributed by atoms with Crippen LogP contribution in [0.5, 0.6) is 11.5 Å². The van der Waals surface area contributed by atoms with E-state index in [1.807, 2.05) is 24.3 Å². The molecule has 19 heavy (non-hydrogen) atoms. The SMILES string of the molecule is Fc1cc(OCCOc2ccc(Br)cc2)ccc1Br. The molecule has 0 amide bonds. The van der Waals surface area contributed by atoms with Crippen molar-refractivity contribution in [3.63, 3.8) is 0 Å². The van der Waals surface area contributed by atoms with Crippen molar-refractivity contribution >= 4 is 31.9 Å². The van der Waals surface area contributed by atoms with Crippen LogP contribution >= 0.6 is 31.9 Å². The van der Waals surface area contributed by atoms with E-state index < -0.39 is 0 Å². The van der Waals surface area contributed by atoms with E-state index in [1.54, 1.807) is 12.1 Å². The van der Waals surface area contributed by atoms with E-state index in [-0.39, 0.29) is 5.82 Å². The van der Waals surface area contributed by atoms with Gasteiger partial charge in [-0.15, -0.1) is 0 Å². The van der Waals surface area contributed by atoms with Gasteiger partial charge >= 0.3 is 0 Å². The van der Waals surface area contributed by atoms with Crippen LogP contribution in [0, 0.1) is 5.82 Å². The lowest BCUT2D eigenvalue weighted by molar-refractivity contribution is 0.216. The molecule has 5 heteroatoms. The maximum absolute atomic E-state index is 13.2. The summed E-state index contributed by atoms with van der Waals surface area (Å²) < 4.78 is 25.5. The molecule has 0 unspecified atom stereocenters. The number of ether oxygens (including phenoxy) is 2. The molecule has 0 heterocycles. The second-order valence-corrected chi connectivity index (χ2v) is 5.50. The molecular weight excluding hydrogens is 379 g/mol. The van der Waals surface area contributed by atoms with Crippen LogP contribution in [-0.4, -0.2) is 13.2 Å². The second kappa shape index (κ2) is 6.91. The zero-order valence-electron chi connectivity index (χ0n) is 9.91. The summed E-state index contributed by atoms with van der Waals surface area (Å²) in [5.74, 6) is 0.917. The van der Waals surface area contributed by atoms with Gasteiger partial charge in [-0.05, 0) is 52.3 Å². The summed E-state index contributed by atoms with van der Waals surface area (Å²) in [6.45, 7) is 0.760. The monoisotopic (exact) mass is 388 g/mol. The van der Waals surface area contributed by atoms with Gasteiger partial charge in [0.25, 0.3) is 0 Å². The van der Waals surface area contributed by atoms with Crippen LogP contribution in [0.3, 0.4) is 0 Å². The van der Waals surface area contributed by atoms with Crippen molar-refractivity contribution in [1.82, 2.24) is 0 Å². The summed E-state index contributed by atoms with van der Waals surface area (Å²) in [5, 5.41) is 0. The Morgan fingerprint density at radius 2 is 1.42 bits per heavy atom. The molecule has 0 saturated heterocycles. The molecule has 0 spiro atoms. The summed E-state index contributed by atoms with van der Waals surface area (Å²) in [4.78, 5) is 0. The van der Waals surface area contributed by atoms with Gasteiger partial charge in [0.05, 0.1) is 4.47 Å². The number of halogens is 3. The van der Waals surface area contributed by atoms with Crippen molar-refractivity contribution in [1.29, 1.82) is 0 Å². The van der Waals surface area contributed by atoms with Gasteiger partial charge in [-0.2, -0.15) is 0 Å². The standard InChI is InChI=1S/C14H11Br2FO2/c15-10-1-3-11(4-2-10)18-7-8-19-12-5-6-13(16)14(17)9-12/h1-6,9H,7-8H2. The van der Waals surface area contributed by atoms with Crippen molar-refractivity contribution in [3.8, 4) is 11.5 Å². The number of hydrogen-bond donors (Lipinski definition) is 0. The molecule has 2 nitrogen and oxygen atoms in total. The minimum atomic E-state index is -0.341. The Kier molecular flexibility index (Phi) is 5.22. The molecule has 0 atom stereocenters. The van der Waals surface area contributed by atoms with E-state index in [9.17, 15) is 4.39 Å². The molecule has 0 radical (unpaired) electrons. The molecule has 0 aliphatic heterocycles. The lowest BCUT2D eigenvalue weighted by atomic mass is 10.3. The van der Waals surface area contributed by atoms with Gasteiger partial charge in [0.15, 0.2) is 0 Å². The van der Waals surface area contributed by atoms with Gasteiger partial charge in [0, 0.05) is 10.5 Å². The minimum Gasteiger partial charge on any atom is -0.490 e. The Balaban J connectivity index is 1.77. The highest BCUT2D eigenvalue weighted by Crippen LogP contribution is 2.21. The highest BCUT2D eigenvalue weighted by molar-refractivity contribution is 9.10. The van der Waals surface area contributed by atoms with Crippen molar-refractivity contribution in [2.75, 3.05) is 13.2 Å². The van der Waals surface area contributed by atoms with E-state index in [1.165, 1.54) is 6.07 Å². The lowest BCUT2D eigenvalue weighted by Gasteiger charge is -2.08. The van der Waals surface area contributed by atoms with Crippen LogP contribution in [0.1, 0.15) is 0 Å². The smallest absolute Gasteiger partial charge is 0.141 e. The highest BCUT2D eigenvalue weighted by Gasteiger charge is 2.01. The van der Waals surface area contributed by atoms with E-state index in [2.05, 4.69) is 31.9 Å². The van der Waals surface area contributed by atoms with Gasteiger partial charge in [-0.25, -0.2) is 4.39 Å². The summed E-state index contributed by atoms with van der Waals surface area (Å²) in [6, 6.07) is 12.2. The molecule has 0 aromatic heterocycles. The summed E-state index contributed by atoms with van der Waals surface area (Å²) in [6.07, 6.45) is 0. The molecule has 0 aliphatic carbocycles. The number of rotatable bonds is 5. The summed E-state index contributed by atoms with van der Waals surface area (Å²) in [7, 11) is 0. The van der Waals surface area contributed by atoms with E-state index in [4.69, 9.17) is 9.47 Å². The largest absolute Gasteiger partial charge is 0.490 e. The third-order valence-electron chi connectivity index (χ3n) is 2.33. The van der Waals surface area contributed by atoms with Crippen LogP contribution in [0.25, 0.3) is 0 Å². The first-order valence-corrected chi connectivity index (χ1v) is 7.20. The Morgan fingerprint density at radius 1 is 0.842 bits per heavy atom. The predicted octanol–water partition coefficient (Wildman–Crippen LogP) is 4.81. The topological polar surface area (TPSA) is 18.5 Å². The van der Waals surface area contributed by atoms with Crippen LogP contribution in [-0.2, 0) is 0 Å². The Hall–Kier alpha value is -1.07. The minimum absolute atomic E-state index is 0.341. The van der Waals surface area contributed by atoms with Crippen LogP contribution in [0.2, 0.25) is 0 Å². The molecule has 0 fully saturated rings. The van der Waals surface area contributed by atoms with Crippen molar-refractivity contribution in [2.24, 2.45) is 0 Å². The van der Waals surface area contributed by atoms with Crippen molar-refractivity contribution < 1.29 is 13.9 Å². The Labute approximate surface area is 127 Å². The van der Waals surface area contributed by atoms with Crippen molar-refractivity contribution in [3.05, 3.63) is 57.2 Å². The van der Waals surface area contributed by atoms with Gasteiger partial charge in [0.2, 0.25) is 0 Å². The van der Waals surface area contributed by atoms with E-state index in [0.717, 1.165) is 10.2 Å². The number of hydrogen-bond acceptors (Lipinski definition) is 2. The van der Waals surface area contributed by atoms with Gasteiger partial charge < -0.3 is 9.47 Å². The molecule has 0 N–H and O–H groups in total. The normalized spacial score (nSPS) is 10.3. The fraction of sp³-hybridized carbons (Fsp3) is 0.143. The van der Waals surface area contributed by atoms with Gasteiger partial charge in [0.1, 0.15) is 30.5 Å². The van der Waals surface area contributed by atoms with Gasteiger partial charge in [-0.1, -0.05) is 15.9 Å². The third kappa shape index (κ3) is 4.51. The highest BCUT2D eigenvalue weighted by atomic mass is 79.9. The predicted molar refractivity (Wildman–Crippen MR) is 79.2 cm³/mol. The first-order valence-electron chi connectivity index (χ1n) is 5.61. The van der Waals surface area contributed by atoms with Gasteiger partial charge in [-0.3, -0.25) is 0 Å². The zero-order valence-corrected chi connectivity index (χ0v) is 13.1. The van der Waals surface area contributed by atoms with Crippen LogP contribution in [0.15, 0.2) is 51.4 Å². The fourth-order valence-corrected chi connectivity index (χ4v) is 1.93. The van der Waals surface area contributed by atoms with Crippen LogP contribution in [0.4, 0.5) is 4.39 Å². The molecule has 2 aromatic carbocycles. The maximum atomic E-state index is 13.2. The molecule has 100 valence electrons. The average Bonchev–Trinajstić information content (AvgIpc) is 2.41. The lowest BCUT2D eigenvalue weighted by Crippen LogP contribution is -2.09. The third-order valence-corrected chi connectivity index (χ3v) is 3.50. The fourth-order valence-electron chi connectivity index (χ4n) is 1.42. The first-order chi connectivity index (χ1) is 9.15. The Morgan fingerprint density at radius 3 is 2.05 bits per heavy atom. The number of benzene rings is 2. The molecule has 0 bridgehead atoms. The zero-order chi connectivity index (χ0) is 13.7. The summed E-state index contributed by atoms with van der Waals surface area (Å²) in [5.41, 5.74) is 0. The average molecular weight is 390 g/mol. The van der Waals surface area contributed by atoms with Crippen molar-refractivity contribution in [2.45, 2.75) is 0 Å². The Bertz CT molecular complexity index is 544. The molecular formula is C14H11Br2FO2. The second-order valence-electron chi connectivity index (χ2n) is 3.73. The van der Waals surface area contributed by atoms with E-state index in [0.29, 0.717) is 23.4 Å². The quantitative estimate of drug-likeness (QED) is 0.683. The maximum Gasteiger partial charge on any atom is 0.141 e. The molecule has 2 rings (SSSR count). The van der Waals surface area contributed by atoms with Crippen LogP contribution < -0.4 is 9.47 Å². The summed E-state index contributed by atoms with van der Waals surface area (Å²) >= 11 is 6.44. The molecule has 0 aliphatic rings.